The third-order valence-corrected chi connectivity index (χ3v) is 3.30. The Morgan fingerprint density at radius 2 is 2.37 bits per heavy atom. The molecule has 19 heavy (non-hydrogen) atoms. The molecule has 1 amide bonds. The number of nitrogens with one attached hydrogen (secondary N) is 2. The van der Waals surface area contributed by atoms with Crippen LogP contribution in [0.1, 0.15) is 6.92 Å². The van der Waals surface area contributed by atoms with Crippen molar-refractivity contribution in [1.82, 2.24) is 20.2 Å². The van der Waals surface area contributed by atoms with E-state index in [-0.39, 0.29) is 17.1 Å². The van der Waals surface area contributed by atoms with E-state index < -0.39 is 0 Å². The van der Waals surface area contributed by atoms with Crippen LogP contribution in [0.5, 0.6) is 0 Å². The zero-order valence-electron chi connectivity index (χ0n) is 9.92. The fraction of sp³-hybridized carbons (Fsp3) is 0.200. The second-order valence-electron chi connectivity index (χ2n) is 3.61. The van der Waals surface area contributed by atoms with E-state index in [0.29, 0.717) is 16.0 Å². The van der Waals surface area contributed by atoms with E-state index >= 15 is 0 Å². The lowest BCUT2D eigenvalue weighted by molar-refractivity contribution is -0.115. The van der Waals surface area contributed by atoms with Crippen molar-refractivity contribution in [2.24, 2.45) is 0 Å². The fourth-order valence-corrected chi connectivity index (χ4v) is 2.04. The number of hydrogen-bond acceptors (Lipinski definition) is 6. The number of rotatable bonds is 4. The van der Waals surface area contributed by atoms with E-state index in [1.165, 1.54) is 18.0 Å². The monoisotopic (exact) mass is 298 g/mol. The Balaban J connectivity index is 1.94. The van der Waals surface area contributed by atoms with Crippen molar-refractivity contribution in [1.29, 1.82) is 0 Å². The number of hydrogen-bond donors (Lipinski definition) is 3. The molecule has 0 unspecified atom stereocenters. The summed E-state index contributed by atoms with van der Waals surface area (Å²) in [5.41, 5.74) is 5.40. The largest absolute Gasteiger partial charge is 0.368 e. The van der Waals surface area contributed by atoms with Crippen molar-refractivity contribution in [2.45, 2.75) is 17.3 Å². The molecule has 4 N–H and O–H groups in total. The molecule has 0 fully saturated rings. The number of amides is 1. The number of nitrogens with two attached hydrogens (primary N) is 1. The number of aromatic amines is 1. The Labute approximate surface area is 118 Å². The van der Waals surface area contributed by atoms with Crippen LogP contribution in [-0.2, 0) is 4.79 Å². The summed E-state index contributed by atoms with van der Waals surface area (Å²) in [7, 11) is 0. The molecule has 0 radical (unpaired) electrons. The lowest BCUT2D eigenvalue weighted by Gasteiger charge is -2.09. The SMILES string of the molecule is C[C@@H](Sc1n[nH]c(N)n1)C(=O)Nc1ccc(Cl)cn1. The topological polar surface area (TPSA) is 110 Å². The maximum Gasteiger partial charge on any atom is 0.238 e. The van der Waals surface area contributed by atoms with Crippen LogP contribution in [0.3, 0.4) is 0 Å². The van der Waals surface area contributed by atoms with Crippen LogP contribution >= 0.6 is 23.4 Å². The summed E-state index contributed by atoms with van der Waals surface area (Å²) in [5.74, 6) is 0.453. The Morgan fingerprint density at radius 3 is 2.95 bits per heavy atom. The highest BCUT2D eigenvalue weighted by Crippen LogP contribution is 2.20. The minimum absolute atomic E-state index is 0.205. The molecule has 2 aromatic rings. The number of aromatic nitrogens is 4. The average Bonchev–Trinajstić information content (AvgIpc) is 2.77. The summed E-state index contributed by atoms with van der Waals surface area (Å²) in [6, 6.07) is 3.28. The van der Waals surface area contributed by atoms with E-state index in [0.717, 1.165) is 0 Å². The highest BCUT2D eigenvalue weighted by Gasteiger charge is 2.17. The smallest absolute Gasteiger partial charge is 0.238 e. The first kappa shape index (κ1) is 13.6. The maximum absolute atomic E-state index is 11.9. The quantitative estimate of drug-likeness (QED) is 0.739. The highest BCUT2D eigenvalue weighted by atomic mass is 35.5. The second-order valence-corrected chi connectivity index (χ2v) is 5.36. The molecule has 2 aromatic heterocycles. The number of nitrogens with zero attached hydrogens (tertiary/aromatic N) is 3. The molecular weight excluding hydrogens is 288 g/mol. The fourth-order valence-electron chi connectivity index (χ4n) is 1.20. The van der Waals surface area contributed by atoms with Gasteiger partial charge in [-0.2, -0.15) is 4.98 Å². The van der Waals surface area contributed by atoms with Gasteiger partial charge in [-0.1, -0.05) is 23.4 Å². The number of pyridine rings is 1. The van der Waals surface area contributed by atoms with Gasteiger partial charge >= 0.3 is 0 Å². The summed E-state index contributed by atoms with van der Waals surface area (Å²) in [5, 5.41) is 9.57. The van der Waals surface area contributed by atoms with Crippen molar-refractivity contribution in [3.8, 4) is 0 Å². The molecule has 0 aliphatic carbocycles. The van der Waals surface area contributed by atoms with Crippen molar-refractivity contribution < 1.29 is 4.79 Å². The minimum Gasteiger partial charge on any atom is -0.368 e. The Bertz CT molecular complexity index is 572. The third kappa shape index (κ3) is 3.83. The summed E-state index contributed by atoms with van der Waals surface area (Å²) in [6.45, 7) is 1.74. The van der Waals surface area contributed by atoms with Crippen LogP contribution in [-0.4, -0.2) is 31.3 Å². The molecule has 0 spiro atoms. The van der Waals surface area contributed by atoms with Crippen LogP contribution in [0.25, 0.3) is 0 Å². The van der Waals surface area contributed by atoms with E-state index in [1.807, 2.05) is 0 Å². The molecule has 0 saturated carbocycles. The number of carbonyl (C=O) groups is 1. The number of nitrogen functional groups attached to an aromatic ring is 1. The van der Waals surface area contributed by atoms with Crippen molar-refractivity contribution in [3.63, 3.8) is 0 Å². The molecule has 2 rings (SSSR count). The van der Waals surface area contributed by atoms with Gasteiger partial charge in [-0.05, 0) is 19.1 Å². The summed E-state index contributed by atoms with van der Waals surface area (Å²) >= 11 is 6.90. The molecule has 2 heterocycles. The highest BCUT2D eigenvalue weighted by molar-refractivity contribution is 8.00. The van der Waals surface area contributed by atoms with Gasteiger partial charge in [-0.3, -0.25) is 4.79 Å². The summed E-state index contributed by atoms with van der Waals surface area (Å²) in [6.07, 6.45) is 1.46. The molecular formula is C10H11ClN6OS. The van der Waals surface area contributed by atoms with Crippen LogP contribution in [0, 0.1) is 0 Å². The summed E-state index contributed by atoms with van der Waals surface area (Å²) < 4.78 is 0. The van der Waals surface area contributed by atoms with E-state index in [1.54, 1.807) is 19.1 Å². The second kappa shape index (κ2) is 5.89. The molecule has 0 aromatic carbocycles. The summed E-state index contributed by atoms with van der Waals surface area (Å²) in [4.78, 5) is 19.8. The van der Waals surface area contributed by atoms with Gasteiger partial charge in [0.25, 0.3) is 0 Å². The number of thioether (sulfide) groups is 1. The molecule has 0 aliphatic heterocycles. The van der Waals surface area contributed by atoms with Crippen LogP contribution < -0.4 is 11.1 Å². The molecule has 1 atom stereocenters. The number of carbonyl (C=O) groups excluding carboxylic acids is 1. The maximum atomic E-state index is 11.9. The Hall–Kier alpha value is -1.80. The van der Waals surface area contributed by atoms with Crippen molar-refractivity contribution in [3.05, 3.63) is 23.4 Å². The van der Waals surface area contributed by atoms with Gasteiger partial charge in [-0.15, -0.1) is 5.10 Å². The van der Waals surface area contributed by atoms with Crippen molar-refractivity contribution >= 4 is 41.0 Å². The van der Waals surface area contributed by atoms with E-state index in [9.17, 15) is 4.79 Å². The molecule has 7 nitrogen and oxygen atoms in total. The molecule has 0 saturated heterocycles. The Kier molecular flexibility index (Phi) is 4.23. The zero-order valence-corrected chi connectivity index (χ0v) is 11.5. The van der Waals surface area contributed by atoms with Crippen LogP contribution in [0.15, 0.2) is 23.5 Å². The normalized spacial score (nSPS) is 12.1. The first-order valence-electron chi connectivity index (χ1n) is 5.31. The molecule has 100 valence electrons. The van der Waals surface area contributed by atoms with E-state index in [4.69, 9.17) is 17.3 Å². The average molecular weight is 299 g/mol. The lowest BCUT2D eigenvalue weighted by Crippen LogP contribution is -2.23. The first-order chi connectivity index (χ1) is 9.04. The van der Waals surface area contributed by atoms with Gasteiger partial charge in [0.2, 0.25) is 17.0 Å². The molecule has 9 heteroatoms. The van der Waals surface area contributed by atoms with Gasteiger partial charge in [-0.25, -0.2) is 10.1 Å². The lowest BCUT2D eigenvalue weighted by atomic mass is 10.4. The molecule has 0 bridgehead atoms. The van der Waals surface area contributed by atoms with E-state index in [2.05, 4.69) is 25.5 Å². The Morgan fingerprint density at radius 1 is 1.58 bits per heavy atom. The standard InChI is InChI=1S/C10H11ClN6OS/c1-5(19-10-15-9(12)16-17-10)8(18)14-7-3-2-6(11)4-13-7/h2-5H,1H3,(H,13,14,18)(H3,12,15,16,17)/t5-/m1/s1. The van der Waals surface area contributed by atoms with Crippen LogP contribution in [0.2, 0.25) is 5.02 Å². The predicted molar refractivity (Wildman–Crippen MR) is 74.0 cm³/mol. The third-order valence-electron chi connectivity index (χ3n) is 2.11. The predicted octanol–water partition coefficient (Wildman–Crippen LogP) is 1.55. The van der Waals surface area contributed by atoms with Gasteiger partial charge in [0.1, 0.15) is 5.82 Å². The van der Waals surface area contributed by atoms with Gasteiger partial charge in [0.15, 0.2) is 0 Å². The van der Waals surface area contributed by atoms with Crippen molar-refractivity contribution in [2.75, 3.05) is 11.1 Å². The van der Waals surface area contributed by atoms with Crippen LogP contribution in [0.4, 0.5) is 11.8 Å². The number of anilines is 2. The van der Waals surface area contributed by atoms with Gasteiger partial charge < -0.3 is 11.1 Å². The first-order valence-corrected chi connectivity index (χ1v) is 6.57. The van der Waals surface area contributed by atoms with Gasteiger partial charge in [0, 0.05) is 6.20 Å². The zero-order chi connectivity index (χ0) is 13.8. The molecule has 0 aliphatic rings. The minimum atomic E-state index is -0.382. The number of H-pyrrole nitrogens is 1. The number of halogens is 1. The van der Waals surface area contributed by atoms with Gasteiger partial charge in [0.05, 0.1) is 10.3 Å².